The first-order valence-corrected chi connectivity index (χ1v) is 7.68. The molecule has 0 radical (unpaired) electrons. The number of thiophene rings is 1. The number of thioether (sulfide) groups is 1. The van der Waals surface area contributed by atoms with E-state index in [0.717, 1.165) is 16.6 Å². The van der Waals surface area contributed by atoms with Gasteiger partial charge >= 0.3 is 5.97 Å². The summed E-state index contributed by atoms with van der Waals surface area (Å²) >= 11 is 7.79. The number of hydrogen-bond donors (Lipinski definition) is 1. The number of carboxylic acid groups (broad SMARTS) is 1. The monoisotopic (exact) mass is 313 g/mol. The van der Waals surface area contributed by atoms with Gasteiger partial charge in [-0.25, -0.2) is 4.79 Å². The third-order valence-electron chi connectivity index (χ3n) is 2.62. The molecule has 0 aromatic carbocycles. The molecule has 0 spiro atoms. The summed E-state index contributed by atoms with van der Waals surface area (Å²) in [4.78, 5) is 26.0. The van der Waals surface area contributed by atoms with Crippen LogP contribution in [0.2, 0.25) is 0 Å². The zero-order valence-corrected chi connectivity index (χ0v) is 12.5. The van der Waals surface area contributed by atoms with Crippen LogP contribution < -0.4 is 0 Å². The van der Waals surface area contributed by atoms with Crippen molar-refractivity contribution in [1.29, 1.82) is 0 Å². The van der Waals surface area contributed by atoms with Gasteiger partial charge in [0.2, 0.25) is 0 Å². The Balaban J connectivity index is 2.28. The molecule has 1 amide bonds. The Kier molecular flexibility index (Phi) is 4.38. The number of aliphatic carboxylic acids is 1. The van der Waals surface area contributed by atoms with Gasteiger partial charge < -0.3 is 5.11 Å². The minimum absolute atomic E-state index is 0.307. The van der Waals surface area contributed by atoms with Crippen LogP contribution in [0.5, 0.6) is 0 Å². The van der Waals surface area contributed by atoms with Crippen molar-refractivity contribution < 1.29 is 14.7 Å². The van der Waals surface area contributed by atoms with E-state index in [1.807, 2.05) is 17.5 Å². The van der Waals surface area contributed by atoms with E-state index in [-0.39, 0.29) is 5.91 Å². The predicted molar refractivity (Wildman–Crippen MR) is 81.0 cm³/mol. The first kappa shape index (κ1) is 14.2. The van der Waals surface area contributed by atoms with Crippen molar-refractivity contribution in [3.8, 4) is 0 Å². The van der Waals surface area contributed by atoms with E-state index in [1.165, 1.54) is 16.2 Å². The average molecular weight is 313 g/mol. The summed E-state index contributed by atoms with van der Waals surface area (Å²) in [6, 6.07) is 2.90. The first-order chi connectivity index (χ1) is 9.04. The number of nitrogens with zero attached hydrogens (tertiary/aromatic N) is 1. The Morgan fingerprint density at radius 1 is 1.63 bits per heavy atom. The van der Waals surface area contributed by atoms with Crippen molar-refractivity contribution in [2.75, 3.05) is 0 Å². The van der Waals surface area contributed by atoms with Gasteiger partial charge in [-0.2, -0.15) is 0 Å². The minimum atomic E-state index is -1.03. The van der Waals surface area contributed by atoms with Crippen LogP contribution in [0.3, 0.4) is 0 Å². The zero-order chi connectivity index (χ0) is 14.0. The van der Waals surface area contributed by atoms with E-state index in [4.69, 9.17) is 17.3 Å². The van der Waals surface area contributed by atoms with Crippen molar-refractivity contribution in [2.24, 2.45) is 0 Å². The maximum absolute atomic E-state index is 12.2. The predicted octanol–water partition coefficient (Wildman–Crippen LogP) is 2.81. The van der Waals surface area contributed by atoms with E-state index < -0.39 is 12.0 Å². The van der Waals surface area contributed by atoms with Crippen LogP contribution in [-0.4, -0.2) is 32.2 Å². The molecule has 0 saturated carbocycles. The third-order valence-corrected chi connectivity index (χ3v) is 4.77. The second-order valence-electron chi connectivity index (χ2n) is 3.83. The Bertz CT molecular complexity index is 551. The molecular weight excluding hydrogens is 302 g/mol. The number of hydrogen-bond acceptors (Lipinski definition) is 5. The molecule has 2 rings (SSSR count). The molecule has 0 unspecified atom stereocenters. The van der Waals surface area contributed by atoms with Crippen molar-refractivity contribution in [1.82, 2.24) is 4.90 Å². The van der Waals surface area contributed by atoms with Crippen molar-refractivity contribution in [2.45, 2.75) is 19.4 Å². The number of amides is 1. The molecule has 0 bridgehead atoms. The zero-order valence-electron chi connectivity index (χ0n) is 10.0. The van der Waals surface area contributed by atoms with Crippen molar-refractivity contribution >= 4 is 57.6 Å². The topological polar surface area (TPSA) is 57.6 Å². The highest BCUT2D eigenvalue weighted by Gasteiger charge is 2.39. The van der Waals surface area contributed by atoms with Gasteiger partial charge in [-0.05, 0) is 23.9 Å². The minimum Gasteiger partial charge on any atom is -0.480 e. The van der Waals surface area contributed by atoms with Gasteiger partial charge in [-0.3, -0.25) is 9.69 Å². The van der Waals surface area contributed by atoms with Gasteiger partial charge in [0.15, 0.2) is 0 Å². The fourth-order valence-electron chi connectivity index (χ4n) is 1.72. The largest absolute Gasteiger partial charge is 0.480 e. The van der Waals surface area contributed by atoms with Crippen LogP contribution in [0.25, 0.3) is 6.08 Å². The van der Waals surface area contributed by atoms with E-state index in [0.29, 0.717) is 15.6 Å². The van der Waals surface area contributed by atoms with Gasteiger partial charge in [-0.15, -0.1) is 11.3 Å². The Labute approximate surface area is 124 Å². The molecular formula is C12H11NO3S3. The average Bonchev–Trinajstić information content (AvgIpc) is 2.94. The fraction of sp³-hybridized carbons (Fsp3) is 0.250. The number of carboxylic acids is 1. The van der Waals surface area contributed by atoms with E-state index >= 15 is 0 Å². The van der Waals surface area contributed by atoms with Crippen molar-refractivity contribution in [3.05, 3.63) is 27.3 Å². The molecule has 1 saturated heterocycles. The molecule has 1 fully saturated rings. The Morgan fingerprint density at radius 2 is 2.37 bits per heavy atom. The molecule has 1 atom stereocenters. The van der Waals surface area contributed by atoms with Crippen LogP contribution >= 0.6 is 35.3 Å². The standard InChI is InChI=1S/C12H11NO3S3/c1-2-8(11(15)16)13-10(14)9(19-12(13)17)6-7-4-3-5-18-7/h3-6,8H,2H2,1H3,(H,15,16)/b9-6-/t8-/m0/s1. The van der Waals surface area contributed by atoms with Gasteiger partial charge in [0.1, 0.15) is 10.4 Å². The number of rotatable bonds is 4. The molecule has 1 aliphatic heterocycles. The summed E-state index contributed by atoms with van der Waals surface area (Å²) in [5.74, 6) is -1.35. The molecule has 1 aliphatic rings. The molecule has 1 N–H and O–H groups in total. The van der Waals surface area contributed by atoms with Crippen LogP contribution in [-0.2, 0) is 9.59 Å². The van der Waals surface area contributed by atoms with Gasteiger partial charge in [0.05, 0.1) is 4.91 Å². The highest BCUT2D eigenvalue weighted by atomic mass is 32.2. The van der Waals surface area contributed by atoms with Crippen LogP contribution in [0.4, 0.5) is 0 Å². The number of thiocarbonyl (C=S) groups is 1. The first-order valence-electron chi connectivity index (χ1n) is 5.58. The van der Waals surface area contributed by atoms with E-state index in [1.54, 1.807) is 13.0 Å². The second-order valence-corrected chi connectivity index (χ2v) is 6.48. The summed E-state index contributed by atoms with van der Waals surface area (Å²) in [6.45, 7) is 1.72. The molecule has 1 aromatic heterocycles. The molecule has 4 nitrogen and oxygen atoms in total. The molecule has 7 heteroatoms. The van der Waals surface area contributed by atoms with E-state index in [9.17, 15) is 9.59 Å². The van der Waals surface area contributed by atoms with Crippen molar-refractivity contribution in [3.63, 3.8) is 0 Å². The summed E-state index contributed by atoms with van der Waals surface area (Å²) in [5, 5.41) is 11.0. The second kappa shape index (κ2) is 5.85. The molecule has 2 heterocycles. The maximum atomic E-state index is 12.2. The molecule has 0 aliphatic carbocycles. The Hall–Kier alpha value is -1.18. The number of carbonyl (C=O) groups excluding carboxylic acids is 1. The molecule has 19 heavy (non-hydrogen) atoms. The quantitative estimate of drug-likeness (QED) is 0.684. The highest BCUT2D eigenvalue weighted by Crippen LogP contribution is 2.35. The summed E-state index contributed by atoms with van der Waals surface area (Å²) < 4.78 is 0.307. The number of carbonyl (C=O) groups is 2. The van der Waals surface area contributed by atoms with Gasteiger partial charge in [0.25, 0.3) is 5.91 Å². The summed E-state index contributed by atoms with van der Waals surface area (Å²) in [5.41, 5.74) is 0. The fourth-order valence-corrected chi connectivity index (χ4v) is 3.80. The van der Waals surface area contributed by atoms with Crippen LogP contribution in [0, 0.1) is 0 Å². The lowest BCUT2D eigenvalue weighted by Crippen LogP contribution is -2.43. The van der Waals surface area contributed by atoms with E-state index in [2.05, 4.69) is 0 Å². The van der Waals surface area contributed by atoms with Crippen LogP contribution in [0.1, 0.15) is 18.2 Å². The summed E-state index contributed by atoms with van der Waals surface area (Å²) in [7, 11) is 0. The Morgan fingerprint density at radius 3 is 2.89 bits per heavy atom. The van der Waals surface area contributed by atoms with Crippen LogP contribution in [0.15, 0.2) is 22.4 Å². The highest BCUT2D eigenvalue weighted by molar-refractivity contribution is 8.26. The third kappa shape index (κ3) is 2.88. The smallest absolute Gasteiger partial charge is 0.326 e. The lowest BCUT2D eigenvalue weighted by atomic mass is 10.2. The molecule has 100 valence electrons. The van der Waals surface area contributed by atoms with Gasteiger partial charge in [-0.1, -0.05) is 37.0 Å². The van der Waals surface area contributed by atoms with Gasteiger partial charge in [0, 0.05) is 4.88 Å². The SMILES string of the molecule is CC[C@@H](C(=O)O)N1C(=O)/C(=C/c2cccs2)SC1=S. The maximum Gasteiger partial charge on any atom is 0.326 e. The lowest BCUT2D eigenvalue weighted by molar-refractivity contribution is -0.145. The normalized spacial score (nSPS) is 19.2. The molecule has 1 aromatic rings. The summed E-state index contributed by atoms with van der Waals surface area (Å²) in [6.07, 6.45) is 2.08. The lowest BCUT2D eigenvalue weighted by Gasteiger charge is -2.21.